The molecule has 0 bridgehead atoms. The van der Waals surface area contributed by atoms with Gasteiger partial charge in [-0.2, -0.15) is 5.10 Å². The van der Waals surface area contributed by atoms with E-state index in [1.807, 2.05) is 54.1 Å². The second-order valence-electron chi connectivity index (χ2n) is 15.2. The Bertz CT molecular complexity index is 3010. The molecule has 9 rings (SSSR count). The maximum absolute atomic E-state index is 13.7. The molecular formula is C44H41N7O8. The molecule has 1 amide bonds. The number of benzene rings is 3. The molecule has 2 aliphatic heterocycles. The zero-order chi connectivity index (χ0) is 41.3. The Kier molecular flexibility index (Phi) is 9.00. The predicted molar refractivity (Wildman–Crippen MR) is 219 cm³/mol. The Balaban J connectivity index is 0.907. The molecule has 7 aromatic rings. The number of phenols is 1. The van der Waals surface area contributed by atoms with Gasteiger partial charge in [-0.3, -0.25) is 4.79 Å². The number of amides is 1. The van der Waals surface area contributed by atoms with E-state index in [-0.39, 0.29) is 54.5 Å². The van der Waals surface area contributed by atoms with Crippen LogP contribution in [0, 0.1) is 0 Å². The summed E-state index contributed by atoms with van der Waals surface area (Å²) in [5, 5.41) is 33.1. The molecule has 15 heteroatoms. The molecule has 15 nitrogen and oxygen atoms in total. The summed E-state index contributed by atoms with van der Waals surface area (Å²) in [7, 11) is 0. The second-order valence-corrected chi connectivity index (χ2v) is 15.2. The molecule has 0 aliphatic carbocycles. The van der Waals surface area contributed by atoms with Gasteiger partial charge < -0.3 is 34.1 Å². The summed E-state index contributed by atoms with van der Waals surface area (Å²) in [4.78, 5) is 57.2. The summed E-state index contributed by atoms with van der Waals surface area (Å²) < 4.78 is 15.9. The third-order valence-corrected chi connectivity index (χ3v) is 11.6. The van der Waals surface area contributed by atoms with Crippen molar-refractivity contribution in [2.75, 3.05) is 6.54 Å². The van der Waals surface area contributed by atoms with Crippen molar-refractivity contribution in [1.82, 2.24) is 34.2 Å². The molecule has 1 atom stereocenters. The van der Waals surface area contributed by atoms with Gasteiger partial charge in [-0.25, -0.2) is 29.0 Å². The number of fused-ring (bicyclic) bond motifs is 6. The molecule has 0 saturated heterocycles. The van der Waals surface area contributed by atoms with E-state index in [1.165, 1.54) is 4.57 Å². The van der Waals surface area contributed by atoms with E-state index in [9.17, 15) is 29.4 Å². The van der Waals surface area contributed by atoms with Crippen LogP contribution in [0.3, 0.4) is 0 Å². The van der Waals surface area contributed by atoms with Gasteiger partial charge in [-0.15, -0.1) is 0 Å². The van der Waals surface area contributed by atoms with Crippen molar-refractivity contribution in [3.63, 3.8) is 0 Å². The highest BCUT2D eigenvalue weighted by Crippen LogP contribution is 2.41. The summed E-state index contributed by atoms with van der Waals surface area (Å²) in [5.74, 6) is 0.0972. The number of nitrogens with zero attached hydrogens (tertiary/aromatic N) is 5. The van der Waals surface area contributed by atoms with Crippen molar-refractivity contribution < 1.29 is 29.3 Å². The number of carbonyl (C=O) groups excluding carboxylic acids is 2. The Morgan fingerprint density at radius 2 is 1.86 bits per heavy atom. The van der Waals surface area contributed by atoms with Gasteiger partial charge in [0.15, 0.2) is 11.4 Å². The topological polar surface area (TPSA) is 196 Å². The van der Waals surface area contributed by atoms with Crippen LogP contribution in [0.2, 0.25) is 0 Å². The van der Waals surface area contributed by atoms with E-state index in [2.05, 4.69) is 29.4 Å². The molecule has 300 valence electrons. The highest BCUT2D eigenvalue weighted by molar-refractivity contribution is 5.90. The average Bonchev–Trinajstić information content (AvgIpc) is 3.93. The number of phenolic OH excluding ortho intramolecular Hbond substituents is 1. The molecule has 0 saturated carbocycles. The predicted octanol–water partition coefficient (Wildman–Crippen LogP) is 5.76. The van der Waals surface area contributed by atoms with Gasteiger partial charge in [0.25, 0.3) is 5.56 Å². The summed E-state index contributed by atoms with van der Waals surface area (Å²) in [6.45, 7) is 8.56. The lowest BCUT2D eigenvalue weighted by Crippen LogP contribution is -2.44. The van der Waals surface area contributed by atoms with Crippen molar-refractivity contribution in [2.24, 2.45) is 0 Å². The zero-order valence-electron chi connectivity index (χ0n) is 32.8. The molecule has 3 aromatic carbocycles. The van der Waals surface area contributed by atoms with E-state index < -0.39 is 23.4 Å². The molecule has 0 radical (unpaired) electrons. The number of hydrogen-bond acceptors (Lipinski definition) is 10. The first-order chi connectivity index (χ1) is 28.4. The van der Waals surface area contributed by atoms with Gasteiger partial charge in [0.05, 0.1) is 40.3 Å². The third kappa shape index (κ3) is 6.07. The van der Waals surface area contributed by atoms with Crippen LogP contribution in [0.25, 0.3) is 50.3 Å². The van der Waals surface area contributed by atoms with E-state index >= 15 is 0 Å². The average molecular weight is 796 g/mol. The number of carbonyl (C=O) groups is 2. The van der Waals surface area contributed by atoms with Crippen LogP contribution < -0.4 is 21.3 Å². The number of aryl methyl sites for hydroxylation is 1. The van der Waals surface area contributed by atoms with E-state index in [0.717, 1.165) is 33.0 Å². The molecular weight excluding hydrogens is 755 g/mol. The second kappa shape index (κ2) is 14.1. The van der Waals surface area contributed by atoms with E-state index in [4.69, 9.17) is 14.5 Å². The molecule has 2 aliphatic rings. The maximum Gasteiger partial charge on any atom is 0.412 e. The van der Waals surface area contributed by atoms with Gasteiger partial charge in [-0.1, -0.05) is 33.8 Å². The largest absolute Gasteiger partial charge is 0.507 e. The van der Waals surface area contributed by atoms with Crippen LogP contribution in [0.15, 0.2) is 82.5 Å². The minimum absolute atomic E-state index is 0.0211. The minimum atomic E-state index is -1.91. The lowest BCUT2D eigenvalue weighted by atomic mass is 9.86. The summed E-state index contributed by atoms with van der Waals surface area (Å²) in [6.07, 6.45) is 1.94. The lowest BCUT2D eigenvalue weighted by Gasteiger charge is -2.31. The lowest BCUT2D eigenvalue weighted by molar-refractivity contribution is -0.172. The molecule has 0 fully saturated rings. The molecule has 1 unspecified atom stereocenters. The van der Waals surface area contributed by atoms with Crippen molar-refractivity contribution in [2.45, 2.75) is 71.8 Å². The number of ether oxygens (including phenoxy) is 2. The zero-order valence-corrected chi connectivity index (χ0v) is 32.8. The van der Waals surface area contributed by atoms with Crippen molar-refractivity contribution in [3.05, 3.63) is 122 Å². The number of aromatic hydroxyl groups is 1. The standard InChI is InChI=1S/C44H41N7O8/c1-5-28-29-19-27(9-10-34(29)46-38-31(28)21-50-36(38)20-33-32(40(50)53)22-58-41(54)44(33,57)6-2)59-43(56)45-14-16-49-15-13-25-17-26(8-11-35(25)49)51-39(47-48-42(51)55)30-18-24(23(3)4)7-12-37(30)52/h7-13,15,17-20,23,52,57H,5-6,14,16,21-22H2,1-4H3,(H,45,56)(H,48,55). The first-order valence-corrected chi connectivity index (χ1v) is 19.6. The van der Waals surface area contributed by atoms with Crippen LogP contribution >= 0.6 is 0 Å². The first kappa shape index (κ1) is 37.6. The van der Waals surface area contributed by atoms with Crippen LogP contribution in [-0.4, -0.2) is 57.7 Å². The Labute approximate surface area is 336 Å². The number of nitrogens with one attached hydrogen (secondary N) is 2. The maximum atomic E-state index is 13.7. The number of esters is 1. The Morgan fingerprint density at radius 1 is 1.03 bits per heavy atom. The van der Waals surface area contributed by atoms with Gasteiger partial charge in [0.1, 0.15) is 18.1 Å². The summed E-state index contributed by atoms with van der Waals surface area (Å²) >= 11 is 0. The monoisotopic (exact) mass is 795 g/mol. The van der Waals surface area contributed by atoms with Crippen LogP contribution in [0.5, 0.6) is 11.5 Å². The number of hydrogen-bond donors (Lipinski definition) is 4. The summed E-state index contributed by atoms with van der Waals surface area (Å²) in [5.41, 5.74) is 4.36. The molecule has 4 aromatic heterocycles. The molecule has 59 heavy (non-hydrogen) atoms. The van der Waals surface area contributed by atoms with E-state index in [0.29, 0.717) is 52.7 Å². The van der Waals surface area contributed by atoms with Crippen molar-refractivity contribution in [3.8, 4) is 40.0 Å². The Morgan fingerprint density at radius 3 is 2.64 bits per heavy atom. The molecule has 0 spiro atoms. The fourth-order valence-electron chi connectivity index (χ4n) is 8.36. The highest BCUT2D eigenvalue weighted by Gasteiger charge is 2.45. The van der Waals surface area contributed by atoms with E-state index in [1.54, 1.807) is 41.8 Å². The van der Waals surface area contributed by atoms with Gasteiger partial charge in [-0.05, 0) is 90.6 Å². The number of aromatic nitrogens is 6. The first-order valence-electron chi connectivity index (χ1n) is 19.6. The number of aromatic amines is 1. The minimum Gasteiger partial charge on any atom is -0.507 e. The normalized spacial score (nSPS) is 15.7. The number of cyclic esters (lactones) is 1. The molecule has 4 N–H and O–H groups in total. The van der Waals surface area contributed by atoms with Crippen LogP contribution in [0.4, 0.5) is 4.79 Å². The van der Waals surface area contributed by atoms with Gasteiger partial charge >= 0.3 is 17.8 Å². The third-order valence-electron chi connectivity index (χ3n) is 11.6. The fourth-order valence-corrected chi connectivity index (χ4v) is 8.36. The fraction of sp³-hybridized carbons (Fsp3) is 0.273. The van der Waals surface area contributed by atoms with Crippen molar-refractivity contribution in [1.29, 1.82) is 0 Å². The smallest absolute Gasteiger partial charge is 0.412 e. The number of pyridine rings is 2. The summed E-state index contributed by atoms with van der Waals surface area (Å²) in [6, 6.07) is 19.7. The van der Waals surface area contributed by atoms with Crippen molar-refractivity contribution >= 4 is 33.9 Å². The molecule has 6 heterocycles. The van der Waals surface area contributed by atoms with Gasteiger partial charge in [0.2, 0.25) is 0 Å². The van der Waals surface area contributed by atoms with Crippen LogP contribution in [0.1, 0.15) is 67.9 Å². The van der Waals surface area contributed by atoms with Crippen LogP contribution in [-0.2, 0) is 41.2 Å². The SMILES string of the molecule is CCc1c2c(nc3ccc(OC(=O)NCCn4ccc5cc(-n6c(-c7cc(C(C)C)ccc7O)n[nH]c6=O)ccc54)cc13)-c1cc3c(c(=O)n1C2)COC(=O)C3(O)CC. The number of H-pyrrole nitrogens is 1. The number of rotatable bonds is 9. The Hall–Kier alpha value is -7.00. The highest BCUT2D eigenvalue weighted by atomic mass is 16.6. The number of aliphatic hydroxyl groups is 1. The van der Waals surface area contributed by atoms with Gasteiger partial charge in [0, 0.05) is 46.7 Å². The quantitative estimate of drug-likeness (QED) is 0.131.